The Hall–Kier alpha value is -6.78. The zero-order valence-corrected chi connectivity index (χ0v) is 40.4. The number of fused-ring (bicyclic) bond motifs is 2. The summed E-state index contributed by atoms with van der Waals surface area (Å²) in [6.45, 7) is 11.2. The zero-order valence-electron chi connectivity index (χ0n) is 40.4. The van der Waals surface area contributed by atoms with Crippen LogP contribution in [0.1, 0.15) is 138 Å². The van der Waals surface area contributed by atoms with E-state index in [1.54, 1.807) is 5.56 Å². The third-order valence-electron chi connectivity index (χ3n) is 12.4. The SMILES string of the molecule is C=NN=C.CCCCCCCCC1(CCCCCCCC)C2=C(C=C=C=C2)c2ccccc21.CNc1ccc(C2=NN=C(c3ccccc3)C2)cc1.Nc1ccc(OCc2ccccc2)cc1. The highest BCUT2D eigenvalue weighted by atomic mass is 16.5. The molecule has 348 valence electrons. The molecule has 5 aromatic rings. The Balaban J connectivity index is 0.000000190. The number of hydrogen-bond donors (Lipinski definition) is 2. The van der Waals surface area contributed by atoms with Crippen molar-refractivity contribution in [3.8, 4) is 5.75 Å². The van der Waals surface area contributed by atoms with Crippen molar-refractivity contribution in [2.45, 2.75) is 122 Å². The second-order valence-corrected chi connectivity index (χ2v) is 17.2. The predicted octanol–water partition coefficient (Wildman–Crippen LogP) is 15.5. The Labute approximate surface area is 401 Å². The fraction of sp³-hybridized carbons (Fsp3) is 0.333. The maximum absolute atomic E-state index is 5.59. The van der Waals surface area contributed by atoms with Gasteiger partial charge in [-0.25, -0.2) is 0 Å². The molecule has 0 unspecified atom stereocenters. The van der Waals surface area contributed by atoms with E-state index in [0.717, 1.165) is 51.7 Å². The van der Waals surface area contributed by atoms with E-state index in [9.17, 15) is 0 Å². The van der Waals surface area contributed by atoms with Gasteiger partial charge in [0.1, 0.15) is 12.4 Å². The molecule has 0 amide bonds. The van der Waals surface area contributed by atoms with Gasteiger partial charge in [-0.2, -0.15) is 20.4 Å². The molecule has 7 nitrogen and oxygen atoms in total. The molecule has 0 atom stereocenters. The predicted molar refractivity (Wildman–Crippen MR) is 288 cm³/mol. The zero-order chi connectivity index (χ0) is 47.4. The smallest absolute Gasteiger partial charge is 0.119 e. The van der Waals surface area contributed by atoms with Gasteiger partial charge in [0, 0.05) is 43.7 Å². The van der Waals surface area contributed by atoms with Crippen LogP contribution in [0, 0.1) is 0 Å². The Bertz CT molecular complexity index is 2430. The number of nitrogen functional groups attached to an aromatic ring is 1. The van der Waals surface area contributed by atoms with Crippen LogP contribution < -0.4 is 15.8 Å². The summed E-state index contributed by atoms with van der Waals surface area (Å²) in [5.41, 5.74) is 25.6. The molecule has 0 fully saturated rings. The van der Waals surface area contributed by atoms with Gasteiger partial charge in [-0.3, -0.25) is 0 Å². The number of nitrogens with one attached hydrogen (secondary N) is 1. The van der Waals surface area contributed by atoms with Crippen LogP contribution >= 0.6 is 0 Å². The molecule has 3 N–H and O–H groups in total. The molecule has 3 aliphatic rings. The number of nitrogens with two attached hydrogens (primary N) is 1. The van der Waals surface area contributed by atoms with Gasteiger partial charge >= 0.3 is 0 Å². The average molecular weight is 893 g/mol. The molecule has 8 rings (SSSR count). The summed E-state index contributed by atoms with van der Waals surface area (Å²) in [4.78, 5) is 0. The quantitative estimate of drug-likeness (QED) is 0.0252. The summed E-state index contributed by atoms with van der Waals surface area (Å²) in [5, 5.41) is 17.7. The van der Waals surface area contributed by atoms with Crippen molar-refractivity contribution < 1.29 is 4.74 Å². The molecule has 0 radical (unpaired) electrons. The largest absolute Gasteiger partial charge is 0.489 e. The lowest BCUT2D eigenvalue weighted by Gasteiger charge is -2.33. The fourth-order valence-corrected chi connectivity index (χ4v) is 8.79. The Morgan fingerprint density at radius 2 is 1.13 bits per heavy atom. The molecule has 1 aliphatic heterocycles. The van der Waals surface area contributed by atoms with Crippen LogP contribution in [0.5, 0.6) is 5.75 Å². The number of allylic oxidation sites excluding steroid dienone is 4. The molecule has 7 heteroatoms. The highest BCUT2D eigenvalue weighted by Gasteiger charge is 2.42. The molecule has 1 heterocycles. The second-order valence-electron chi connectivity index (χ2n) is 17.2. The first-order chi connectivity index (χ1) is 33.0. The van der Waals surface area contributed by atoms with Gasteiger partial charge in [0.05, 0.1) is 11.4 Å². The number of benzene rings is 5. The topological polar surface area (TPSA) is 96.7 Å². The number of anilines is 2. The number of hydrogen-bond acceptors (Lipinski definition) is 7. The van der Waals surface area contributed by atoms with Crippen molar-refractivity contribution >= 4 is 41.8 Å². The summed E-state index contributed by atoms with van der Waals surface area (Å²) < 4.78 is 5.59. The standard InChI is InChI=1S/C29H40.C16H15N3.C13H13NO.C2H4N2/c1-3-5-7-9-11-17-23-29(24-18-12-10-8-6-4-2)27-21-15-13-19-25(27)26-20-14-16-22-28(26)29;1-17-14-9-7-13(8-10-14)16-11-15(18-19-16)12-5-3-2-4-6-12;14-12-6-8-13(9-7-12)15-10-11-4-2-1-3-5-11;1-3-4-2/h13,15,19-22H,3-12,17-18,23-24H2,1-2H3;2-10,17H,11H2,1H3;1-9H,10,14H2;1-2H2. The Kier molecular flexibility index (Phi) is 22.2. The molecule has 67 heavy (non-hydrogen) atoms. The minimum Gasteiger partial charge on any atom is -0.489 e. The van der Waals surface area contributed by atoms with Crippen molar-refractivity contribution in [1.29, 1.82) is 0 Å². The van der Waals surface area contributed by atoms with Crippen molar-refractivity contribution in [3.63, 3.8) is 0 Å². The summed E-state index contributed by atoms with van der Waals surface area (Å²) in [5.74, 6) is 0.841. The Morgan fingerprint density at radius 1 is 0.612 bits per heavy atom. The van der Waals surface area contributed by atoms with Crippen LogP contribution in [0.25, 0.3) is 5.57 Å². The van der Waals surface area contributed by atoms with E-state index in [1.807, 2.05) is 79.8 Å². The summed E-state index contributed by atoms with van der Waals surface area (Å²) >= 11 is 0. The van der Waals surface area contributed by atoms with Crippen LogP contribution in [0.3, 0.4) is 0 Å². The summed E-state index contributed by atoms with van der Waals surface area (Å²) in [6.07, 6.45) is 24.2. The van der Waals surface area contributed by atoms with E-state index in [0.29, 0.717) is 6.61 Å². The highest BCUT2D eigenvalue weighted by Crippen LogP contribution is 2.53. The second kappa shape index (κ2) is 29.0. The van der Waals surface area contributed by atoms with Crippen molar-refractivity contribution in [2.24, 2.45) is 20.4 Å². The van der Waals surface area contributed by atoms with Crippen LogP contribution in [0.4, 0.5) is 11.4 Å². The normalized spacial score (nSPS) is 13.3. The van der Waals surface area contributed by atoms with Gasteiger partial charge in [-0.05, 0) is 100 Å². The van der Waals surface area contributed by atoms with Gasteiger partial charge in [0.25, 0.3) is 0 Å². The van der Waals surface area contributed by atoms with Crippen LogP contribution in [-0.2, 0) is 12.0 Å². The van der Waals surface area contributed by atoms with Crippen molar-refractivity contribution in [2.75, 3.05) is 18.1 Å². The number of ether oxygens (including phenoxy) is 1. The van der Waals surface area contributed by atoms with Crippen LogP contribution in [0.2, 0.25) is 0 Å². The van der Waals surface area contributed by atoms with Gasteiger partial charge in [0.2, 0.25) is 0 Å². The van der Waals surface area contributed by atoms with Gasteiger partial charge in [-0.15, -0.1) is 0 Å². The number of rotatable bonds is 21. The van der Waals surface area contributed by atoms with Crippen molar-refractivity contribution in [1.82, 2.24) is 0 Å². The molecule has 2 aliphatic carbocycles. The summed E-state index contributed by atoms with van der Waals surface area (Å²) in [6, 6.07) is 45.1. The van der Waals surface area contributed by atoms with E-state index in [-0.39, 0.29) is 5.41 Å². The number of unbranched alkanes of at least 4 members (excludes halogenated alkanes) is 10. The maximum atomic E-state index is 5.59. The van der Waals surface area contributed by atoms with Gasteiger partial charge in [-0.1, -0.05) is 199 Å². The van der Waals surface area contributed by atoms with E-state index in [4.69, 9.17) is 10.5 Å². The monoisotopic (exact) mass is 893 g/mol. The maximum Gasteiger partial charge on any atom is 0.119 e. The third kappa shape index (κ3) is 16.0. The molecule has 0 bridgehead atoms. The Morgan fingerprint density at radius 3 is 1.72 bits per heavy atom. The molecule has 0 saturated heterocycles. The lowest BCUT2D eigenvalue weighted by Crippen LogP contribution is -2.26. The van der Waals surface area contributed by atoms with Crippen molar-refractivity contribution in [3.05, 3.63) is 190 Å². The highest BCUT2D eigenvalue weighted by molar-refractivity contribution is 6.20. The lowest BCUT2D eigenvalue weighted by molar-refractivity contribution is 0.306. The molecular weight excluding hydrogens is 821 g/mol. The third-order valence-corrected chi connectivity index (χ3v) is 12.4. The first-order valence-electron chi connectivity index (χ1n) is 24.4. The first-order valence-corrected chi connectivity index (χ1v) is 24.4. The molecule has 0 spiro atoms. The number of nitrogens with zero attached hydrogens (tertiary/aromatic N) is 4. The van der Waals surface area contributed by atoms with E-state index in [2.05, 4.69) is 137 Å². The molecule has 5 aromatic carbocycles. The summed E-state index contributed by atoms with van der Waals surface area (Å²) in [7, 11) is 1.92. The first kappa shape index (κ1) is 51.2. The van der Waals surface area contributed by atoms with E-state index >= 15 is 0 Å². The minimum atomic E-state index is 0.201. The minimum absolute atomic E-state index is 0.201. The molecular formula is C60H72N6O. The van der Waals surface area contributed by atoms with E-state index in [1.165, 1.54) is 107 Å². The lowest BCUT2D eigenvalue weighted by atomic mass is 9.69. The van der Waals surface area contributed by atoms with Crippen LogP contribution in [-0.4, -0.2) is 31.9 Å². The van der Waals surface area contributed by atoms with Gasteiger partial charge < -0.3 is 15.8 Å². The van der Waals surface area contributed by atoms with Gasteiger partial charge in [0.15, 0.2) is 0 Å². The van der Waals surface area contributed by atoms with Crippen LogP contribution in [0.15, 0.2) is 183 Å². The van der Waals surface area contributed by atoms with E-state index < -0.39 is 0 Å². The molecule has 0 aromatic heterocycles. The molecule has 0 saturated carbocycles. The fourth-order valence-electron chi connectivity index (χ4n) is 8.79. The average Bonchev–Trinajstić information content (AvgIpc) is 3.99.